The number of hydrogen-bond donors (Lipinski definition) is 0. The van der Waals surface area contributed by atoms with Gasteiger partial charge in [0.1, 0.15) is 0 Å². The van der Waals surface area contributed by atoms with Crippen LogP contribution in [0, 0.1) is 6.92 Å². The van der Waals surface area contributed by atoms with Crippen molar-refractivity contribution in [1.82, 2.24) is 0 Å². The van der Waals surface area contributed by atoms with Gasteiger partial charge in [-0.2, -0.15) is 0 Å². The average molecular weight is 528 g/mol. The zero-order chi connectivity index (χ0) is 26.9. The van der Waals surface area contributed by atoms with E-state index < -0.39 is 10.0 Å². The fourth-order valence-electron chi connectivity index (χ4n) is 4.83. The van der Waals surface area contributed by atoms with Gasteiger partial charge in [-0.15, -0.1) is 0 Å². The first-order chi connectivity index (χ1) is 18.4. The van der Waals surface area contributed by atoms with Gasteiger partial charge in [0.15, 0.2) is 11.5 Å². The summed E-state index contributed by atoms with van der Waals surface area (Å²) in [5, 5.41) is 0. The first-order valence-electron chi connectivity index (χ1n) is 12.2. The third-order valence-electron chi connectivity index (χ3n) is 6.71. The van der Waals surface area contributed by atoms with Crippen LogP contribution in [-0.4, -0.2) is 29.7 Å². The predicted octanol–water partition coefficient (Wildman–Crippen LogP) is 6.40. The Morgan fingerprint density at radius 1 is 0.737 bits per heavy atom. The van der Waals surface area contributed by atoms with Crippen LogP contribution in [-0.2, 0) is 10.0 Å². The van der Waals surface area contributed by atoms with Gasteiger partial charge < -0.3 is 14.2 Å². The molecule has 0 fully saturated rings. The number of allylic oxidation sites excluding steroid dienone is 1. The van der Waals surface area contributed by atoms with E-state index in [1.165, 1.54) is 4.31 Å². The van der Waals surface area contributed by atoms with Gasteiger partial charge >= 0.3 is 0 Å². The topological polar surface area (TPSA) is 65.1 Å². The van der Waals surface area contributed by atoms with Gasteiger partial charge in [0.2, 0.25) is 5.75 Å². The Labute approximate surface area is 223 Å². The number of para-hydroxylation sites is 1. The van der Waals surface area contributed by atoms with Crippen LogP contribution >= 0.6 is 0 Å². The van der Waals surface area contributed by atoms with Crippen molar-refractivity contribution in [2.45, 2.75) is 17.7 Å². The summed E-state index contributed by atoms with van der Waals surface area (Å²) < 4.78 is 46.6. The fraction of sp³-hybridized carbons (Fsp3) is 0.161. The number of aryl methyl sites for hydroxylation is 1. The lowest BCUT2D eigenvalue weighted by Gasteiger charge is -2.35. The molecule has 0 aliphatic carbocycles. The molecule has 0 aromatic heterocycles. The minimum atomic E-state index is -3.94. The third-order valence-corrected chi connectivity index (χ3v) is 8.45. The molecule has 0 N–H and O–H groups in total. The summed E-state index contributed by atoms with van der Waals surface area (Å²) in [6.07, 6.45) is 1.99. The van der Waals surface area contributed by atoms with Crippen molar-refractivity contribution in [3.8, 4) is 17.2 Å². The van der Waals surface area contributed by atoms with Crippen molar-refractivity contribution < 1.29 is 22.6 Å². The summed E-state index contributed by atoms with van der Waals surface area (Å²) >= 11 is 0. The van der Waals surface area contributed by atoms with Gasteiger partial charge in [0.25, 0.3) is 10.0 Å². The summed E-state index contributed by atoms with van der Waals surface area (Å²) in [6, 6.07) is 27.9. The first-order valence-corrected chi connectivity index (χ1v) is 13.6. The third kappa shape index (κ3) is 4.39. The lowest BCUT2D eigenvalue weighted by Crippen LogP contribution is -2.33. The Balaban J connectivity index is 1.78. The van der Waals surface area contributed by atoms with Gasteiger partial charge in [0.05, 0.1) is 37.6 Å². The molecule has 194 valence electrons. The molecule has 6 nitrogen and oxygen atoms in total. The minimum absolute atomic E-state index is 0.228. The molecule has 0 spiro atoms. The van der Waals surface area contributed by atoms with Crippen LogP contribution in [0.5, 0.6) is 17.2 Å². The molecule has 1 heterocycles. The Morgan fingerprint density at radius 2 is 1.34 bits per heavy atom. The lowest BCUT2D eigenvalue weighted by atomic mass is 9.85. The second-order valence-electron chi connectivity index (χ2n) is 9.00. The predicted molar refractivity (Wildman–Crippen MR) is 150 cm³/mol. The largest absolute Gasteiger partial charge is 0.493 e. The SMILES string of the molecule is COc1cc(C2C=C(c3ccccc3)N(S(=O)(=O)c3ccc(C)cc3)c3ccccc32)cc(OC)c1OC. The van der Waals surface area contributed by atoms with Crippen molar-refractivity contribution in [3.63, 3.8) is 0 Å². The molecule has 4 aromatic rings. The smallest absolute Gasteiger partial charge is 0.268 e. The van der Waals surface area contributed by atoms with E-state index in [9.17, 15) is 8.42 Å². The van der Waals surface area contributed by atoms with Crippen LogP contribution < -0.4 is 18.5 Å². The maximum atomic E-state index is 14.2. The molecule has 5 rings (SSSR count). The van der Waals surface area contributed by atoms with Gasteiger partial charge in [-0.05, 0) is 60.0 Å². The number of ether oxygens (including phenoxy) is 3. The van der Waals surface area contributed by atoms with Crippen molar-refractivity contribution in [1.29, 1.82) is 0 Å². The Kier molecular flexibility index (Phi) is 6.87. The van der Waals surface area contributed by atoms with E-state index in [1.54, 1.807) is 33.5 Å². The van der Waals surface area contributed by atoms with E-state index in [4.69, 9.17) is 14.2 Å². The van der Waals surface area contributed by atoms with Crippen molar-refractivity contribution in [2.24, 2.45) is 0 Å². The molecule has 0 radical (unpaired) electrons. The highest BCUT2D eigenvalue weighted by atomic mass is 32.2. The first kappa shape index (κ1) is 25.4. The van der Waals surface area contributed by atoms with E-state index in [0.29, 0.717) is 28.6 Å². The molecule has 7 heteroatoms. The van der Waals surface area contributed by atoms with Crippen LogP contribution in [0.1, 0.15) is 28.2 Å². The maximum absolute atomic E-state index is 14.2. The van der Waals surface area contributed by atoms with Crippen LogP contribution in [0.3, 0.4) is 0 Å². The zero-order valence-electron chi connectivity index (χ0n) is 21.7. The standard InChI is InChI=1S/C31H29NO5S/c1-21-14-16-24(17-15-21)38(33,34)32-27-13-9-8-12-25(27)26(20-28(32)22-10-6-5-7-11-22)23-18-29(35-2)31(37-4)30(19-23)36-3/h5-20,26H,1-4H3. The van der Waals surface area contributed by atoms with Gasteiger partial charge in [-0.3, -0.25) is 0 Å². The second kappa shape index (κ2) is 10.3. The minimum Gasteiger partial charge on any atom is -0.493 e. The molecule has 0 saturated heterocycles. The summed E-state index contributed by atoms with van der Waals surface area (Å²) in [5.74, 6) is 1.28. The lowest BCUT2D eigenvalue weighted by molar-refractivity contribution is 0.323. The molecule has 0 bridgehead atoms. The quantitative estimate of drug-likeness (QED) is 0.278. The number of fused-ring (bicyclic) bond motifs is 1. The maximum Gasteiger partial charge on any atom is 0.268 e. The molecule has 1 atom stereocenters. The number of sulfonamides is 1. The average Bonchev–Trinajstić information content (AvgIpc) is 2.96. The van der Waals surface area contributed by atoms with Crippen molar-refractivity contribution >= 4 is 21.4 Å². The normalized spacial score (nSPS) is 14.9. The van der Waals surface area contributed by atoms with E-state index in [1.807, 2.05) is 91.9 Å². The molecule has 1 aliphatic rings. The van der Waals surface area contributed by atoms with Crippen LogP contribution in [0.15, 0.2) is 102 Å². The van der Waals surface area contributed by atoms with Crippen molar-refractivity contribution in [3.05, 3.63) is 119 Å². The molecule has 4 aromatic carbocycles. The van der Waals surface area contributed by atoms with Crippen LogP contribution in [0.25, 0.3) is 5.70 Å². The van der Waals surface area contributed by atoms with Gasteiger partial charge in [-0.25, -0.2) is 12.7 Å². The highest BCUT2D eigenvalue weighted by molar-refractivity contribution is 7.93. The van der Waals surface area contributed by atoms with E-state index in [0.717, 1.165) is 22.3 Å². The van der Waals surface area contributed by atoms with E-state index in [-0.39, 0.29) is 10.8 Å². The summed E-state index contributed by atoms with van der Waals surface area (Å²) in [4.78, 5) is 0.228. The van der Waals surface area contributed by atoms with E-state index in [2.05, 4.69) is 0 Å². The molecule has 0 amide bonds. The van der Waals surface area contributed by atoms with Gasteiger partial charge in [-0.1, -0.05) is 66.2 Å². The molecule has 0 saturated carbocycles. The Morgan fingerprint density at radius 3 is 1.95 bits per heavy atom. The number of benzene rings is 4. The van der Waals surface area contributed by atoms with Crippen LogP contribution in [0.4, 0.5) is 5.69 Å². The Hall–Kier alpha value is -4.23. The number of anilines is 1. The van der Waals surface area contributed by atoms with Crippen LogP contribution in [0.2, 0.25) is 0 Å². The summed E-state index contributed by atoms with van der Waals surface area (Å²) in [5.41, 5.74) is 4.67. The highest BCUT2D eigenvalue weighted by Crippen LogP contribution is 2.48. The summed E-state index contributed by atoms with van der Waals surface area (Å²) in [6.45, 7) is 1.93. The number of hydrogen-bond acceptors (Lipinski definition) is 5. The van der Waals surface area contributed by atoms with Gasteiger partial charge in [0, 0.05) is 5.92 Å². The number of rotatable bonds is 7. The van der Waals surface area contributed by atoms with Crippen molar-refractivity contribution in [2.75, 3.05) is 25.6 Å². The molecular weight excluding hydrogens is 498 g/mol. The molecule has 1 unspecified atom stereocenters. The summed E-state index contributed by atoms with van der Waals surface area (Å²) in [7, 11) is 0.792. The zero-order valence-corrected chi connectivity index (χ0v) is 22.5. The molecule has 1 aliphatic heterocycles. The highest BCUT2D eigenvalue weighted by Gasteiger charge is 2.36. The number of nitrogens with zero attached hydrogens (tertiary/aromatic N) is 1. The molecular formula is C31H29NO5S. The monoisotopic (exact) mass is 527 g/mol. The Bertz CT molecular complexity index is 1570. The number of methoxy groups -OCH3 is 3. The fourth-order valence-corrected chi connectivity index (χ4v) is 6.38. The van der Waals surface area contributed by atoms with E-state index >= 15 is 0 Å². The molecule has 38 heavy (non-hydrogen) atoms. The second-order valence-corrected chi connectivity index (χ2v) is 10.8.